The van der Waals surface area contributed by atoms with Crippen LogP contribution in [-0.2, 0) is 23.7 Å². The molecule has 2 aromatic heterocycles. The van der Waals surface area contributed by atoms with Gasteiger partial charge >= 0.3 is 5.97 Å². The molecule has 2 N–H and O–H groups in total. The zero-order valence-corrected chi connectivity index (χ0v) is 17.5. The third-order valence-electron chi connectivity index (χ3n) is 6.34. The van der Waals surface area contributed by atoms with Crippen LogP contribution in [0.2, 0.25) is 0 Å². The van der Waals surface area contributed by atoms with Crippen molar-refractivity contribution in [2.45, 2.75) is 69.2 Å². The van der Waals surface area contributed by atoms with Gasteiger partial charge in [0.1, 0.15) is 42.8 Å². The lowest BCUT2D eigenvalue weighted by Gasteiger charge is -2.29. The van der Waals surface area contributed by atoms with Crippen LogP contribution in [0.25, 0.3) is 5.52 Å². The van der Waals surface area contributed by atoms with E-state index >= 15 is 0 Å². The number of nitrogens with zero attached hydrogens (tertiary/aromatic N) is 4. The first kappa shape index (κ1) is 20.2. The molecule has 1 saturated carbocycles. The Kier molecular flexibility index (Phi) is 4.66. The average molecular weight is 427 g/mol. The van der Waals surface area contributed by atoms with Crippen molar-refractivity contribution in [1.82, 2.24) is 14.6 Å². The Morgan fingerprint density at radius 1 is 1.35 bits per heavy atom. The molecule has 1 aliphatic carbocycles. The first-order chi connectivity index (χ1) is 14.8. The number of nitriles is 1. The Bertz CT molecular complexity index is 1060. The van der Waals surface area contributed by atoms with Crippen LogP contribution in [0.15, 0.2) is 18.5 Å². The zero-order chi connectivity index (χ0) is 21.8. The van der Waals surface area contributed by atoms with Gasteiger partial charge in [0, 0.05) is 6.42 Å². The third kappa shape index (κ3) is 3.33. The van der Waals surface area contributed by atoms with Crippen LogP contribution >= 0.6 is 0 Å². The minimum absolute atomic E-state index is 0.230. The van der Waals surface area contributed by atoms with Crippen LogP contribution in [0.3, 0.4) is 0 Å². The van der Waals surface area contributed by atoms with Crippen LogP contribution in [0.1, 0.15) is 51.3 Å². The predicted molar refractivity (Wildman–Crippen MR) is 106 cm³/mol. The molecule has 0 bridgehead atoms. The van der Waals surface area contributed by atoms with E-state index in [0.29, 0.717) is 29.4 Å². The van der Waals surface area contributed by atoms with E-state index in [1.165, 1.54) is 6.33 Å². The van der Waals surface area contributed by atoms with E-state index in [9.17, 15) is 10.1 Å². The van der Waals surface area contributed by atoms with Gasteiger partial charge in [0.15, 0.2) is 11.6 Å². The van der Waals surface area contributed by atoms with Gasteiger partial charge in [-0.15, -0.1) is 0 Å². The molecule has 4 heterocycles. The number of carbonyl (C=O) groups is 1. The summed E-state index contributed by atoms with van der Waals surface area (Å²) in [6.07, 6.45) is 2.95. The summed E-state index contributed by atoms with van der Waals surface area (Å²) in [7, 11) is 0. The van der Waals surface area contributed by atoms with Crippen LogP contribution in [0, 0.1) is 17.2 Å². The van der Waals surface area contributed by atoms with E-state index in [0.717, 1.165) is 19.3 Å². The minimum Gasteiger partial charge on any atom is -0.461 e. The van der Waals surface area contributed by atoms with E-state index < -0.39 is 29.7 Å². The maximum atomic E-state index is 12.3. The summed E-state index contributed by atoms with van der Waals surface area (Å²) in [5.74, 6) is -0.542. The van der Waals surface area contributed by atoms with Gasteiger partial charge in [-0.05, 0) is 44.7 Å². The summed E-state index contributed by atoms with van der Waals surface area (Å²) >= 11 is 0. The first-order valence-corrected chi connectivity index (χ1v) is 10.5. The first-order valence-electron chi connectivity index (χ1n) is 10.5. The van der Waals surface area contributed by atoms with Gasteiger partial charge in [0.25, 0.3) is 0 Å². The molecule has 2 aromatic rings. The number of fused-ring (bicyclic) bond motifs is 2. The van der Waals surface area contributed by atoms with Crippen LogP contribution in [-0.4, -0.2) is 50.8 Å². The number of hydrogen-bond acceptors (Lipinski definition) is 9. The minimum atomic E-state index is -1.50. The van der Waals surface area contributed by atoms with Crippen molar-refractivity contribution < 1.29 is 23.7 Å². The molecular formula is C21H25N5O5. The van der Waals surface area contributed by atoms with Gasteiger partial charge in [-0.1, -0.05) is 6.42 Å². The lowest BCUT2D eigenvalue weighted by atomic mass is 9.83. The number of aromatic nitrogens is 3. The number of esters is 1. The highest BCUT2D eigenvalue weighted by Gasteiger charge is 2.65. The molecule has 5 rings (SSSR count). The van der Waals surface area contributed by atoms with Gasteiger partial charge in [-0.3, -0.25) is 4.79 Å². The van der Waals surface area contributed by atoms with Crippen LogP contribution < -0.4 is 5.73 Å². The second kappa shape index (κ2) is 7.15. The lowest BCUT2D eigenvalue weighted by molar-refractivity contribution is -0.208. The molecule has 0 radical (unpaired) electrons. The predicted octanol–water partition coefficient (Wildman–Crippen LogP) is 1.90. The van der Waals surface area contributed by atoms with Gasteiger partial charge in [-0.2, -0.15) is 10.4 Å². The molecule has 2 saturated heterocycles. The summed E-state index contributed by atoms with van der Waals surface area (Å²) in [6, 6.07) is 5.80. The molecule has 0 unspecified atom stereocenters. The number of ether oxygens (including phenoxy) is 4. The fourth-order valence-electron chi connectivity index (χ4n) is 4.57. The SMILES string of the molecule is CC1(C)O[C@H]2[C@H](c3ccc4c(N)ncnn34)O[C@](C#N)(COC(=O)CC3CCC3)[C@H]2O1. The lowest BCUT2D eigenvalue weighted by Crippen LogP contribution is -2.46. The number of nitrogen functional groups attached to an aromatic ring is 1. The van der Waals surface area contributed by atoms with Gasteiger partial charge in [0.05, 0.1) is 5.69 Å². The van der Waals surface area contributed by atoms with E-state index in [2.05, 4.69) is 16.2 Å². The number of carbonyl (C=O) groups excluding carboxylic acids is 1. The fourth-order valence-corrected chi connectivity index (χ4v) is 4.57. The number of hydrogen-bond donors (Lipinski definition) is 1. The molecule has 10 nitrogen and oxygen atoms in total. The summed E-state index contributed by atoms with van der Waals surface area (Å²) in [5, 5.41) is 14.4. The molecule has 31 heavy (non-hydrogen) atoms. The second-order valence-corrected chi connectivity index (χ2v) is 8.92. The number of anilines is 1. The highest BCUT2D eigenvalue weighted by Crippen LogP contribution is 2.50. The summed E-state index contributed by atoms with van der Waals surface area (Å²) in [4.78, 5) is 16.3. The standard InChI is InChI=1S/C21H25N5O5/c1-20(2)29-17-16(13-6-7-14-19(23)24-11-25-26(13)14)30-21(9-22,18(17)31-20)10-28-15(27)8-12-4-3-5-12/h6-7,11-12,16-18H,3-5,8,10H2,1-2H3,(H2,23,24,25)/t16-,17-,18-,21+/m0/s1. The normalized spacial score (nSPS) is 31.8. The van der Waals surface area contributed by atoms with Crippen molar-refractivity contribution in [3.8, 4) is 6.07 Å². The fraction of sp³-hybridized carbons (Fsp3) is 0.619. The Morgan fingerprint density at radius 3 is 2.87 bits per heavy atom. The molecule has 10 heteroatoms. The van der Waals surface area contributed by atoms with Crippen LogP contribution in [0.5, 0.6) is 0 Å². The second-order valence-electron chi connectivity index (χ2n) is 8.92. The molecule has 2 aliphatic heterocycles. The Labute approximate surface area is 179 Å². The smallest absolute Gasteiger partial charge is 0.306 e. The Morgan fingerprint density at radius 2 is 2.16 bits per heavy atom. The molecule has 3 fully saturated rings. The number of rotatable bonds is 5. The Balaban J connectivity index is 1.44. The highest BCUT2D eigenvalue weighted by atomic mass is 16.8. The van der Waals surface area contributed by atoms with Crippen LogP contribution in [0.4, 0.5) is 5.82 Å². The average Bonchev–Trinajstić information content (AvgIpc) is 3.34. The molecule has 4 atom stereocenters. The van der Waals surface area contributed by atoms with E-state index in [1.54, 1.807) is 24.4 Å². The van der Waals surface area contributed by atoms with Crippen molar-refractivity contribution >= 4 is 17.3 Å². The van der Waals surface area contributed by atoms with Gasteiger partial charge in [-0.25, -0.2) is 9.50 Å². The van der Waals surface area contributed by atoms with E-state index in [-0.39, 0.29) is 12.6 Å². The van der Waals surface area contributed by atoms with Crippen molar-refractivity contribution in [3.63, 3.8) is 0 Å². The monoisotopic (exact) mass is 427 g/mol. The highest BCUT2D eigenvalue weighted by molar-refractivity contribution is 5.70. The summed E-state index contributed by atoms with van der Waals surface area (Å²) in [6.45, 7) is 3.33. The summed E-state index contributed by atoms with van der Waals surface area (Å²) < 4.78 is 25.5. The van der Waals surface area contributed by atoms with E-state index in [4.69, 9.17) is 24.7 Å². The number of nitrogens with two attached hydrogens (primary N) is 1. The van der Waals surface area contributed by atoms with E-state index in [1.807, 2.05) is 6.07 Å². The maximum absolute atomic E-state index is 12.3. The van der Waals surface area contributed by atoms with Crippen molar-refractivity contribution in [3.05, 3.63) is 24.2 Å². The molecule has 3 aliphatic rings. The van der Waals surface area contributed by atoms with Crippen molar-refractivity contribution in [1.29, 1.82) is 5.26 Å². The van der Waals surface area contributed by atoms with Gasteiger partial charge in [0.2, 0.25) is 5.60 Å². The zero-order valence-electron chi connectivity index (χ0n) is 17.5. The Hall–Kier alpha value is -2.74. The summed E-state index contributed by atoms with van der Waals surface area (Å²) in [5.41, 5.74) is 5.73. The third-order valence-corrected chi connectivity index (χ3v) is 6.34. The van der Waals surface area contributed by atoms with Gasteiger partial charge < -0.3 is 24.7 Å². The molecule has 0 spiro atoms. The molecule has 0 aromatic carbocycles. The van der Waals surface area contributed by atoms with Crippen molar-refractivity contribution in [2.75, 3.05) is 12.3 Å². The van der Waals surface area contributed by atoms with Crippen molar-refractivity contribution in [2.24, 2.45) is 5.92 Å². The maximum Gasteiger partial charge on any atom is 0.306 e. The molecule has 0 amide bonds. The largest absolute Gasteiger partial charge is 0.461 e. The quantitative estimate of drug-likeness (QED) is 0.710. The topological polar surface area (TPSA) is 134 Å². The molecular weight excluding hydrogens is 402 g/mol. The molecule has 164 valence electrons.